The summed E-state index contributed by atoms with van der Waals surface area (Å²) in [5.74, 6) is 0.391. The number of ether oxygens (including phenoxy) is 1. The van der Waals surface area contributed by atoms with Crippen LogP contribution in [0.4, 0.5) is 0 Å². The Kier molecular flexibility index (Phi) is 5.39. The van der Waals surface area contributed by atoms with Crippen molar-refractivity contribution in [1.82, 2.24) is 9.80 Å². The highest BCUT2D eigenvalue weighted by atomic mass is 16.5. The van der Waals surface area contributed by atoms with Gasteiger partial charge >= 0.3 is 0 Å². The minimum Gasteiger partial charge on any atom is -0.508 e. The molecular formula is C21H30N2O4. The van der Waals surface area contributed by atoms with Crippen LogP contribution in [0, 0.1) is 5.41 Å². The average molecular weight is 374 g/mol. The lowest BCUT2D eigenvalue weighted by Gasteiger charge is -2.38. The lowest BCUT2D eigenvalue weighted by atomic mass is 9.76. The maximum Gasteiger partial charge on any atom is 0.226 e. The molecule has 0 radical (unpaired) electrons. The summed E-state index contributed by atoms with van der Waals surface area (Å²) in [7, 11) is 0. The topological polar surface area (TPSA) is 73.2 Å². The van der Waals surface area contributed by atoms with Crippen molar-refractivity contribution >= 4 is 5.91 Å². The number of β-amino-alcohol motifs (C(OH)–C–C–N with tert-alkyl or cyclic N) is 1. The molecule has 0 bridgehead atoms. The number of hydrogen-bond donors (Lipinski definition) is 2. The van der Waals surface area contributed by atoms with Crippen molar-refractivity contribution in [2.45, 2.75) is 44.3 Å². The summed E-state index contributed by atoms with van der Waals surface area (Å²) in [5, 5.41) is 19.0. The van der Waals surface area contributed by atoms with Gasteiger partial charge in [0.05, 0.1) is 25.2 Å². The number of phenolic OH excluding ortho intramolecular Hbond substituents is 1. The summed E-state index contributed by atoms with van der Waals surface area (Å²) in [4.78, 5) is 16.9. The Hall–Kier alpha value is -1.63. The van der Waals surface area contributed by atoms with Gasteiger partial charge < -0.3 is 19.8 Å². The molecule has 6 heteroatoms. The molecule has 3 saturated heterocycles. The molecule has 2 atom stereocenters. The predicted molar refractivity (Wildman–Crippen MR) is 101 cm³/mol. The van der Waals surface area contributed by atoms with E-state index in [0.29, 0.717) is 6.42 Å². The molecule has 3 heterocycles. The van der Waals surface area contributed by atoms with Crippen LogP contribution in [0.25, 0.3) is 0 Å². The molecule has 3 fully saturated rings. The van der Waals surface area contributed by atoms with Crippen LogP contribution in [0.3, 0.4) is 0 Å². The van der Waals surface area contributed by atoms with Gasteiger partial charge in [0.1, 0.15) is 5.75 Å². The summed E-state index contributed by atoms with van der Waals surface area (Å²) in [6.45, 7) is 5.06. The number of phenols is 1. The van der Waals surface area contributed by atoms with Crippen LogP contribution < -0.4 is 0 Å². The minimum atomic E-state index is -0.178. The molecule has 0 aliphatic carbocycles. The predicted octanol–water partition coefficient (Wildman–Crippen LogP) is 1.40. The molecule has 2 N–H and O–H groups in total. The molecular weight excluding hydrogens is 344 g/mol. The van der Waals surface area contributed by atoms with Gasteiger partial charge in [-0.2, -0.15) is 0 Å². The highest BCUT2D eigenvalue weighted by molar-refractivity contribution is 5.78. The van der Waals surface area contributed by atoms with Crippen molar-refractivity contribution in [3.05, 3.63) is 29.8 Å². The standard InChI is InChI=1S/C21H30N2O4/c24-17-3-1-16(2-4-17)11-20(26)23-9-6-21(7-10-23)12-19(27-15-21)14-22-8-5-18(25)13-22/h1-4,18-19,24-25H,5-15H2/t18-,19+/m0/s1. The van der Waals surface area contributed by atoms with Crippen molar-refractivity contribution in [1.29, 1.82) is 0 Å². The number of piperidine rings is 1. The van der Waals surface area contributed by atoms with E-state index in [1.165, 1.54) is 0 Å². The fraction of sp³-hybridized carbons (Fsp3) is 0.667. The van der Waals surface area contributed by atoms with Crippen molar-refractivity contribution in [2.24, 2.45) is 5.41 Å². The quantitative estimate of drug-likeness (QED) is 0.833. The Morgan fingerprint density at radius 2 is 1.93 bits per heavy atom. The first kappa shape index (κ1) is 18.7. The molecule has 27 heavy (non-hydrogen) atoms. The van der Waals surface area contributed by atoms with E-state index in [-0.39, 0.29) is 29.3 Å². The van der Waals surface area contributed by atoms with Crippen LogP contribution in [0.5, 0.6) is 5.75 Å². The Bertz CT molecular complexity index is 655. The zero-order valence-corrected chi connectivity index (χ0v) is 15.8. The molecule has 6 nitrogen and oxygen atoms in total. The van der Waals surface area contributed by atoms with E-state index < -0.39 is 0 Å². The first-order valence-corrected chi connectivity index (χ1v) is 10.1. The Morgan fingerprint density at radius 3 is 2.59 bits per heavy atom. The summed E-state index contributed by atoms with van der Waals surface area (Å²) in [5.41, 5.74) is 1.16. The maximum absolute atomic E-state index is 12.6. The van der Waals surface area contributed by atoms with Crippen LogP contribution in [0.2, 0.25) is 0 Å². The van der Waals surface area contributed by atoms with Crippen molar-refractivity contribution < 1.29 is 19.7 Å². The summed E-state index contributed by atoms with van der Waals surface area (Å²) < 4.78 is 6.10. The number of aromatic hydroxyl groups is 1. The number of carbonyl (C=O) groups is 1. The van der Waals surface area contributed by atoms with Gasteiger partial charge in [0.25, 0.3) is 0 Å². The van der Waals surface area contributed by atoms with Crippen molar-refractivity contribution in [3.8, 4) is 5.75 Å². The van der Waals surface area contributed by atoms with E-state index in [1.54, 1.807) is 12.1 Å². The Morgan fingerprint density at radius 1 is 1.19 bits per heavy atom. The van der Waals surface area contributed by atoms with Crippen LogP contribution in [0.15, 0.2) is 24.3 Å². The number of amides is 1. The van der Waals surface area contributed by atoms with Gasteiger partial charge in [-0.05, 0) is 48.8 Å². The number of benzene rings is 1. The highest BCUT2D eigenvalue weighted by Gasteiger charge is 2.43. The van der Waals surface area contributed by atoms with Gasteiger partial charge in [-0.15, -0.1) is 0 Å². The molecule has 1 amide bonds. The maximum atomic E-state index is 12.6. The van der Waals surface area contributed by atoms with E-state index in [2.05, 4.69) is 4.90 Å². The number of likely N-dealkylation sites (tertiary alicyclic amines) is 2. The molecule has 3 aliphatic rings. The summed E-state index contributed by atoms with van der Waals surface area (Å²) in [6.07, 6.45) is 4.43. The fourth-order valence-corrected chi connectivity index (χ4v) is 4.76. The SMILES string of the molecule is O=C(Cc1ccc(O)cc1)N1CCC2(CC1)CO[C@@H](CN1CC[C@H](O)C1)C2. The Labute approximate surface area is 160 Å². The van der Waals surface area contributed by atoms with Gasteiger partial charge in [0.15, 0.2) is 0 Å². The number of hydrogen-bond acceptors (Lipinski definition) is 5. The number of aliphatic hydroxyl groups is 1. The molecule has 0 unspecified atom stereocenters. The molecule has 3 aliphatic heterocycles. The van der Waals surface area contributed by atoms with Gasteiger partial charge in [-0.1, -0.05) is 12.1 Å². The first-order valence-electron chi connectivity index (χ1n) is 10.1. The van der Waals surface area contributed by atoms with Gasteiger partial charge in [-0.3, -0.25) is 9.69 Å². The molecule has 1 spiro atoms. The number of nitrogens with zero attached hydrogens (tertiary/aromatic N) is 2. The Balaban J connectivity index is 1.25. The molecule has 0 saturated carbocycles. The normalized spacial score (nSPS) is 28.1. The lowest BCUT2D eigenvalue weighted by Crippen LogP contribution is -2.44. The number of aliphatic hydroxyl groups excluding tert-OH is 1. The smallest absolute Gasteiger partial charge is 0.226 e. The van der Waals surface area contributed by atoms with Gasteiger partial charge in [-0.25, -0.2) is 0 Å². The van der Waals surface area contributed by atoms with Gasteiger partial charge in [0, 0.05) is 32.7 Å². The van der Waals surface area contributed by atoms with E-state index >= 15 is 0 Å². The number of rotatable bonds is 4. The third-order valence-electron chi connectivity index (χ3n) is 6.46. The van der Waals surface area contributed by atoms with E-state index in [4.69, 9.17) is 4.74 Å². The number of carbonyl (C=O) groups excluding carboxylic acids is 1. The largest absolute Gasteiger partial charge is 0.508 e. The van der Waals surface area contributed by atoms with Crippen LogP contribution in [-0.2, 0) is 16.0 Å². The average Bonchev–Trinajstić information content (AvgIpc) is 3.24. The van der Waals surface area contributed by atoms with Crippen LogP contribution in [0.1, 0.15) is 31.2 Å². The van der Waals surface area contributed by atoms with Crippen molar-refractivity contribution in [3.63, 3.8) is 0 Å². The zero-order chi connectivity index (χ0) is 18.9. The fourth-order valence-electron chi connectivity index (χ4n) is 4.76. The van der Waals surface area contributed by atoms with Crippen LogP contribution in [-0.4, -0.2) is 77.5 Å². The van der Waals surface area contributed by atoms with Gasteiger partial charge in [0.2, 0.25) is 5.91 Å². The first-order chi connectivity index (χ1) is 13.0. The molecule has 1 aromatic rings. The second-order valence-corrected chi connectivity index (χ2v) is 8.56. The minimum absolute atomic E-state index is 0.164. The van der Waals surface area contributed by atoms with E-state index in [9.17, 15) is 15.0 Å². The molecule has 148 valence electrons. The summed E-state index contributed by atoms with van der Waals surface area (Å²) in [6, 6.07) is 6.87. The third kappa shape index (κ3) is 4.45. The van der Waals surface area contributed by atoms with Crippen LogP contribution >= 0.6 is 0 Å². The highest BCUT2D eigenvalue weighted by Crippen LogP contribution is 2.42. The molecule has 1 aromatic carbocycles. The summed E-state index contributed by atoms with van der Waals surface area (Å²) >= 11 is 0. The van der Waals surface area contributed by atoms with Crippen molar-refractivity contribution in [2.75, 3.05) is 39.3 Å². The molecule has 4 rings (SSSR count). The third-order valence-corrected chi connectivity index (χ3v) is 6.46. The second kappa shape index (κ2) is 7.78. The van der Waals surface area contributed by atoms with E-state index in [0.717, 1.165) is 70.6 Å². The zero-order valence-electron chi connectivity index (χ0n) is 15.8. The molecule has 0 aromatic heterocycles. The van der Waals surface area contributed by atoms with E-state index in [1.807, 2.05) is 17.0 Å². The monoisotopic (exact) mass is 374 g/mol. The second-order valence-electron chi connectivity index (χ2n) is 8.56. The lowest BCUT2D eigenvalue weighted by molar-refractivity contribution is -0.132.